The van der Waals surface area contributed by atoms with Crippen LogP contribution in [0.15, 0.2) is 30.3 Å². The van der Waals surface area contributed by atoms with Crippen molar-refractivity contribution < 1.29 is 17.9 Å². The van der Waals surface area contributed by atoms with Crippen molar-refractivity contribution in [3.05, 3.63) is 35.9 Å². The van der Waals surface area contributed by atoms with Crippen LogP contribution in [0.2, 0.25) is 0 Å². The number of nitrogens with zero attached hydrogens (tertiary/aromatic N) is 1. The van der Waals surface area contributed by atoms with E-state index in [1.807, 2.05) is 30.3 Å². The molecule has 1 aromatic carbocycles. The Morgan fingerprint density at radius 2 is 1.88 bits per heavy atom. The first-order chi connectivity index (χ1) is 7.88. The van der Waals surface area contributed by atoms with Crippen LogP contribution >= 0.6 is 12.2 Å². The van der Waals surface area contributed by atoms with E-state index in [0.717, 1.165) is 5.56 Å². The molecule has 1 rings (SSSR count). The molecule has 0 heterocycles. The summed E-state index contributed by atoms with van der Waals surface area (Å²) >= 11 is 4.75. The van der Waals surface area contributed by atoms with E-state index in [-0.39, 0.29) is 5.17 Å². The minimum Gasteiger partial charge on any atom is -0.461 e. The van der Waals surface area contributed by atoms with Gasteiger partial charge in [0.05, 0.1) is 0 Å². The Hall–Kier alpha value is -1.30. The van der Waals surface area contributed by atoms with Crippen molar-refractivity contribution in [3.63, 3.8) is 0 Å². The van der Waals surface area contributed by atoms with Crippen LogP contribution in [0.3, 0.4) is 0 Å². The molecule has 0 N–H and O–H groups in total. The molecule has 0 saturated heterocycles. The quantitative estimate of drug-likeness (QED) is 0.778. The molecule has 0 aliphatic heterocycles. The highest BCUT2D eigenvalue weighted by molar-refractivity contribution is 7.80. The van der Waals surface area contributed by atoms with E-state index in [1.165, 1.54) is 4.90 Å². The van der Waals surface area contributed by atoms with Crippen LogP contribution in [0.5, 0.6) is 0 Å². The van der Waals surface area contributed by atoms with Crippen molar-refractivity contribution >= 4 is 17.4 Å². The highest BCUT2D eigenvalue weighted by Gasteiger charge is 2.29. The first kappa shape index (κ1) is 13.8. The van der Waals surface area contributed by atoms with Gasteiger partial charge in [0, 0.05) is 13.6 Å². The van der Waals surface area contributed by atoms with Crippen molar-refractivity contribution in [2.75, 3.05) is 13.7 Å². The monoisotopic (exact) mass is 263 g/mol. The predicted octanol–water partition coefficient (Wildman–Crippen LogP) is 2.98. The first-order valence-corrected chi connectivity index (χ1v) is 5.28. The van der Waals surface area contributed by atoms with E-state index >= 15 is 0 Å². The van der Waals surface area contributed by atoms with Crippen LogP contribution in [0.4, 0.5) is 13.2 Å². The second kappa shape index (κ2) is 5.86. The van der Waals surface area contributed by atoms with Crippen molar-refractivity contribution in [3.8, 4) is 0 Å². The molecule has 0 atom stereocenters. The summed E-state index contributed by atoms with van der Waals surface area (Å²) in [6, 6.07) is 9.29. The fraction of sp³-hybridized carbons (Fsp3) is 0.364. The van der Waals surface area contributed by atoms with Crippen LogP contribution in [-0.4, -0.2) is 29.9 Å². The maximum atomic E-state index is 11.9. The van der Waals surface area contributed by atoms with Crippen molar-refractivity contribution in [2.45, 2.75) is 12.7 Å². The number of thiocarbonyl (C=S) groups is 1. The minimum absolute atomic E-state index is 0.161. The van der Waals surface area contributed by atoms with Gasteiger partial charge in [-0.15, -0.1) is 0 Å². The molecule has 0 spiro atoms. The van der Waals surface area contributed by atoms with Gasteiger partial charge in [-0.2, -0.15) is 13.2 Å². The van der Waals surface area contributed by atoms with Gasteiger partial charge in [0.2, 0.25) is 0 Å². The summed E-state index contributed by atoms with van der Waals surface area (Å²) in [5.74, 6) is 0. The first-order valence-electron chi connectivity index (χ1n) is 4.87. The molecule has 0 radical (unpaired) electrons. The lowest BCUT2D eigenvalue weighted by atomic mass is 10.2. The lowest BCUT2D eigenvalue weighted by molar-refractivity contribution is -0.157. The molecule has 1 aromatic rings. The van der Waals surface area contributed by atoms with Crippen molar-refractivity contribution in [2.24, 2.45) is 0 Å². The summed E-state index contributed by atoms with van der Waals surface area (Å²) in [7, 11) is 1.59. The molecule has 94 valence electrons. The standard InChI is InChI=1S/C11H12F3NOS/c1-15(7-9-5-3-2-4-6-9)10(17)16-8-11(12,13)14/h2-6H,7-8H2,1H3. The van der Waals surface area contributed by atoms with Gasteiger partial charge in [0.25, 0.3) is 5.17 Å². The third kappa shape index (κ3) is 5.53. The fourth-order valence-electron chi connectivity index (χ4n) is 1.18. The zero-order chi connectivity index (χ0) is 12.9. The van der Waals surface area contributed by atoms with Crippen LogP contribution in [-0.2, 0) is 11.3 Å². The second-order valence-electron chi connectivity index (χ2n) is 3.51. The molecule has 0 aromatic heterocycles. The normalized spacial score (nSPS) is 11.1. The Bertz CT molecular complexity index is 367. The molecule has 0 saturated carbocycles. The minimum atomic E-state index is -4.36. The number of hydrogen-bond donors (Lipinski definition) is 0. The average molecular weight is 263 g/mol. The molecule has 2 nitrogen and oxygen atoms in total. The van der Waals surface area contributed by atoms with Crippen LogP contribution in [0.25, 0.3) is 0 Å². The Morgan fingerprint density at radius 3 is 2.41 bits per heavy atom. The lowest BCUT2D eigenvalue weighted by Crippen LogP contribution is -2.30. The molecule has 0 fully saturated rings. The maximum Gasteiger partial charge on any atom is 0.422 e. The van der Waals surface area contributed by atoms with Gasteiger partial charge in [-0.05, 0) is 17.8 Å². The predicted molar refractivity (Wildman–Crippen MR) is 62.5 cm³/mol. The topological polar surface area (TPSA) is 12.5 Å². The Labute approximate surface area is 103 Å². The highest BCUT2D eigenvalue weighted by atomic mass is 32.1. The van der Waals surface area contributed by atoms with E-state index in [2.05, 4.69) is 4.74 Å². The summed E-state index contributed by atoms with van der Waals surface area (Å²) in [5.41, 5.74) is 0.952. The summed E-state index contributed by atoms with van der Waals surface area (Å²) in [5, 5.41) is -0.161. The number of ether oxygens (including phenoxy) is 1. The molecule has 0 amide bonds. The van der Waals surface area contributed by atoms with Crippen LogP contribution in [0.1, 0.15) is 5.56 Å². The zero-order valence-corrected chi connectivity index (χ0v) is 10.0. The smallest absolute Gasteiger partial charge is 0.422 e. The SMILES string of the molecule is CN(Cc1ccccc1)C(=S)OCC(F)(F)F. The summed E-state index contributed by atoms with van der Waals surface area (Å²) in [6.45, 7) is -0.942. The summed E-state index contributed by atoms with van der Waals surface area (Å²) in [4.78, 5) is 1.45. The molecule has 0 aliphatic rings. The van der Waals surface area contributed by atoms with Gasteiger partial charge in [-0.3, -0.25) is 0 Å². The number of rotatable bonds is 3. The molecule has 6 heteroatoms. The van der Waals surface area contributed by atoms with Gasteiger partial charge in [-0.25, -0.2) is 0 Å². The third-order valence-electron chi connectivity index (χ3n) is 1.93. The molecular weight excluding hydrogens is 251 g/mol. The average Bonchev–Trinajstić information content (AvgIpc) is 2.26. The second-order valence-corrected chi connectivity index (χ2v) is 3.86. The third-order valence-corrected chi connectivity index (χ3v) is 2.36. The Kier molecular flexibility index (Phi) is 4.74. The highest BCUT2D eigenvalue weighted by Crippen LogP contribution is 2.15. The van der Waals surface area contributed by atoms with Crippen molar-refractivity contribution in [1.29, 1.82) is 0 Å². The number of benzene rings is 1. The summed E-state index contributed by atoms with van der Waals surface area (Å²) < 4.78 is 40.2. The zero-order valence-electron chi connectivity index (χ0n) is 9.20. The summed E-state index contributed by atoms with van der Waals surface area (Å²) in [6.07, 6.45) is -4.36. The maximum absolute atomic E-state index is 11.9. The van der Waals surface area contributed by atoms with Gasteiger partial charge >= 0.3 is 6.18 Å². The molecule has 0 unspecified atom stereocenters. The lowest BCUT2D eigenvalue weighted by Gasteiger charge is -2.20. The molecular formula is C11H12F3NOS. The van der Waals surface area contributed by atoms with Crippen molar-refractivity contribution in [1.82, 2.24) is 4.90 Å². The fourth-order valence-corrected chi connectivity index (χ4v) is 1.30. The Morgan fingerprint density at radius 1 is 1.29 bits per heavy atom. The van der Waals surface area contributed by atoms with E-state index < -0.39 is 12.8 Å². The van der Waals surface area contributed by atoms with E-state index in [4.69, 9.17) is 12.2 Å². The van der Waals surface area contributed by atoms with Crippen LogP contribution < -0.4 is 0 Å². The van der Waals surface area contributed by atoms with Gasteiger partial charge in [-0.1, -0.05) is 30.3 Å². The molecule has 0 aliphatic carbocycles. The molecule has 17 heavy (non-hydrogen) atoms. The number of halogens is 3. The van der Waals surface area contributed by atoms with Gasteiger partial charge in [0.1, 0.15) is 0 Å². The van der Waals surface area contributed by atoms with E-state index in [0.29, 0.717) is 6.54 Å². The number of alkyl halides is 3. The van der Waals surface area contributed by atoms with E-state index in [1.54, 1.807) is 7.05 Å². The van der Waals surface area contributed by atoms with Gasteiger partial charge < -0.3 is 9.64 Å². The van der Waals surface area contributed by atoms with E-state index in [9.17, 15) is 13.2 Å². The van der Waals surface area contributed by atoms with Gasteiger partial charge in [0.15, 0.2) is 6.61 Å². The van der Waals surface area contributed by atoms with Crippen LogP contribution in [0, 0.1) is 0 Å². The largest absolute Gasteiger partial charge is 0.461 e. The number of hydrogen-bond acceptors (Lipinski definition) is 2. The Balaban J connectivity index is 2.43. The molecule has 0 bridgehead atoms.